The van der Waals surface area contributed by atoms with Crippen molar-refractivity contribution in [3.05, 3.63) is 29.3 Å². The largest absolute Gasteiger partial charge is 0.349 e. The number of aromatic nitrogens is 1. The molecule has 0 spiro atoms. The van der Waals surface area contributed by atoms with Gasteiger partial charge in [0.1, 0.15) is 5.01 Å². The Hall–Kier alpha value is -1.46. The number of carbonyl (C=O) groups is 1. The van der Waals surface area contributed by atoms with Gasteiger partial charge in [-0.15, -0.1) is 11.3 Å². The fraction of sp³-hybridized carbons (Fsp3) is 0.429. The Kier molecular flexibility index (Phi) is 4.17. The zero-order chi connectivity index (χ0) is 13.9. The fourth-order valence-corrected chi connectivity index (χ4v) is 2.67. The SMILES string of the molecule is CCC(C)(CN)C(=O)NCc1nc2ccccc2s1. The molecule has 0 saturated carbocycles. The summed E-state index contributed by atoms with van der Waals surface area (Å²) in [7, 11) is 0. The van der Waals surface area contributed by atoms with Crippen LogP contribution in [-0.2, 0) is 11.3 Å². The van der Waals surface area contributed by atoms with E-state index in [0.29, 0.717) is 13.1 Å². The summed E-state index contributed by atoms with van der Waals surface area (Å²) in [6.07, 6.45) is 0.731. The molecule has 2 aromatic rings. The molecular weight excluding hydrogens is 258 g/mol. The Labute approximate surface area is 117 Å². The quantitative estimate of drug-likeness (QED) is 0.881. The topological polar surface area (TPSA) is 68.0 Å². The highest BCUT2D eigenvalue weighted by Gasteiger charge is 2.29. The van der Waals surface area contributed by atoms with Crippen molar-refractivity contribution in [3.63, 3.8) is 0 Å². The number of rotatable bonds is 5. The first kappa shape index (κ1) is 14.0. The highest BCUT2D eigenvalue weighted by molar-refractivity contribution is 7.18. The predicted molar refractivity (Wildman–Crippen MR) is 78.9 cm³/mol. The second kappa shape index (κ2) is 5.67. The van der Waals surface area contributed by atoms with Crippen LogP contribution in [-0.4, -0.2) is 17.4 Å². The fourth-order valence-electron chi connectivity index (χ4n) is 1.76. The summed E-state index contributed by atoms with van der Waals surface area (Å²) in [6.45, 7) is 4.69. The first-order chi connectivity index (χ1) is 9.09. The van der Waals surface area contributed by atoms with E-state index >= 15 is 0 Å². The third kappa shape index (κ3) is 2.93. The van der Waals surface area contributed by atoms with Gasteiger partial charge in [0.05, 0.1) is 22.2 Å². The predicted octanol–water partition coefficient (Wildman–Crippen LogP) is 2.29. The number of para-hydroxylation sites is 1. The number of nitrogens with one attached hydrogen (secondary N) is 1. The lowest BCUT2D eigenvalue weighted by atomic mass is 9.87. The normalized spacial score (nSPS) is 14.3. The summed E-state index contributed by atoms with van der Waals surface area (Å²) in [6, 6.07) is 7.97. The molecule has 1 atom stereocenters. The number of benzene rings is 1. The summed E-state index contributed by atoms with van der Waals surface area (Å²) in [5, 5.41) is 3.85. The standard InChI is InChI=1S/C14H19N3OS/c1-3-14(2,9-15)13(18)16-8-12-17-10-6-4-5-7-11(10)19-12/h4-7H,3,8-9,15H2,1-2H3,(H,16,18). The number of hydrogen-bond acceptors (Lipinski definition) is 4. The smallest absolute Gasteiger partial charge is 0.227 e. The van der Waals surface area contributed by atoms with Gasteiger partial charge in [0, 0.05) is 6.54 Å². The molecule has 0 fully saturated rings. The first-order valence-electron chi connectivity index (χ1n) is 6.42. The van der Waals surface area contributed by atoms with Crippen LogP contribution < -0.4 is 11.1 Å². The number of amides is 1. The van der Waals surface area contributed by atoms with Crippen molar-refractivity contribution in [2.75, 3.05) is 6.54 Å². The number of fused-ring (bicyclic) bond motifs is 1. The molecule has 3 N–H and O–H groups in total. The van der Waals surface area contributed by atoms with E-state index in [2.05, 4.69) is 10.3 Å². The van der Waals surface area contributed by atoms with Crippen LogP contribution in [0.15, 0.2) is 24.3 Å². The van der Waals surface area contributed by atoms with Crippen molar-refractivity contribution in [2.24, 2.45) is 11.1 Å². The lowest BCUT2D eigenvalue weighted by Gasteiger charge is -2.24. The summed E-state index contributed by atoms with van der Waals surface area (Å²) in [4.78, 5) is 16.6. The summed E-state index contributed by atoms with van der Waals surface area (Å²) < 4.78 is 1.14. The second-order valence-electron chi connectivity index (χ2n) is 4.88. The Morgan fingerprint density at radius 2 is 2.21 bits per heavy atom. The van der Waals surface area contributed by atoms with Crippen LogP contribution in [0.3, 0.4) is 0 Å². The Morgan fingerprint density at radius 1 is 1.47 bits per heavy atom. The van der Waals surface area contributed by atoms with Crippen molar-refractivity contribution in [2.45, 2.75) is 26.8 Å². The van der Waals surface area contributed by atoms with Gasteiger partial charge in [0.15, 0.2) is 0 Å². The summed E-state index contributed by atoms with van der Waals surface area (Å²) in [5.74, 6) is -0.00300. The highest BCUT2D eigenvalue weighted by atomic mass is 32.1. The van der Waals surface area contributed by atoms with Crippen LogP contribution in [0.4, 0.5) is 0 Å². The minimum atomic E-state index is -0.489. The number of nitrogens with zero attached hydrogens (tertiary/aromatic N) is 1. The molecule has 1 unspecified atom stereocenters. The zero-order valence-corrected chi connectivity index (χ0v) is 12.1. The van der Waals surface area contributed by atoms with E-state index in [-0.39, 0.29) is 5.91 Å². The van der Waals surface area contributed by atoms with E-state index in [1.165, 1.54) is 0 Å². The molecule has 0 aliphatic rings. The van der Waals surface area contributed by atoms with Crippen LogP contribution in [0.25, 0.3) is 10.2 Å². The molecule has 4 nitrogen and oxygen atoms in total. The summed E-state index contributed by atoms with van der Waals surface area (Å²) >= 11 is 1.61. The van der Waals surface area contributed by atoms with E-state index in [1.807, 2.05) is 38.1 Å². The lowest BCUT2D eigenvalue weighted by molar-refractivity contribution is -0.130. The maximum absolute atomic E-state index is 12.1. The van der Waals surface area contributed by atoms with Crippen molar-refractivity contribution >= 4 is 27.5 Å². The number of carbonyl (C=O) groups excluding carboxylic acids is 1. The van der Waals surface area contributed by atoms with Crippen LogP contribution >= 0.6 is 11.3 Å². The van der Waals surface area contributed by atoms with Gasteiger partial charge in [-0.1, -0.05) is 19.1 Å². The zero-order valence-electron chi connectivity index (χ0n) is 11.3. The molecule has 5 heteroatoms. The molecule has 1 heterocycles. The number of hydrogen-bond donors (Lipinski definition) is 2. The molecule has 1 aromatic carbocycles. The molecule has 0 saturated heterocycles. The van der Waals surface area contributed by atoms with Crippen molar-refractivity contribution in [3.8, 4) is 0 Å². The van der Waals surface area contributed by atoms with Gasteiger partial charge in [0.25, 0.3) is 0 Å². The van der Waals surface area contributed by atoms with E-state index in [4.69, 9.17) is 5.73 Å². The Bertz CT molecular complexity index is 542. The van der Waals surface area contributed by atoms with E-state index in [0.717, 1.165) is 21.6 Å². The van der Waals surface area contributed by atoms with Gasteiger partial charge in [-0.05, 0) is 25.5 Å². The van der Waals surface area contributed by atoms with E-state index in [1.54, 1.807) is 11.3 Å². The van der Waals surface area contributed by atoms with Gasteiger partial charge < -0.3 is 11.1 Å². The Balaban J connectivity index is 2.04. The Morgan fingerprint density at radius 3 is 2.84 bits per heavy atom. The molecule has 102 valence electrons. The van der Waals surface area contributed by atoms with Gasteiger partial charge in [0.2, 0.25) is 5.91 Å². The molecule has 1 aromatic heterocycles. The van der Waals surface area contributed by atoms with Crippen molar-refractivity contribution in [1.29, 1.82) is 0 Å². The molecule has 1 amide bonds. The van der Waals surface area contributed by atoms with Crippen molar-refractivity contribution < 1.29 is 4.79 Å². The molecule has 2 rings (SSSR count). The van der Waals surface area contributed by atoms with Gasteiger partial charge in [-0.3, -0.25) is 4.79 Å². The minimum Gasteiger partial charge on any atom is -0.349 e. The first-order valence-corrected chi connectivity index (χ1v) is 7.23. The van der Waals surface area contributed by atoms with Crippen molar-refractivity contribution in [1.82, 2.24) is 10.3 Å². The highest BCUT2D eigenvalue weighted by Crippen LogP contribution is 2.22. The van der Waals surface area contributed by atoms with E-state index < -0.39 is 5.41 Å². The monoisotopic (exact) mass is 277 g/mol. The molecule has 0 aliphatic heterocycles. The van der Waals surface area contributed by atoms with Crippen LogP contribution in [0, 0.1) is 5.41 Å². The van der Waals surface area contributed by atoms with Gasteiger partial charge >= 0.3 is 0 Å². The van der Waals surface area contributed by atoms with Gasteiger partial charge in [-0.25, -0.2) is 4.98 Å². The van der Waals surface area contributed by atoms with Crippen LogP contribution in [0.1, 0.15) is 25.3 Å². The maximum atomic E-state index is 12.1. The third-order valence-corrected chi connectivity index (χ3v) is 4.55. The molecular formula is C14H19N3OS. The molecule has 0 radical (unpaired) electrons. The average molecular weight is 277 g/mol. The minimum absolute atomic E-state index is 0.00300. The number of nitrogens with two attached hydrogens (primary N) is 1. The summed E-state index contributed by atoms with van der Waals surface area (Å²) in [5.41, 5.74) is 6.17. The number of thiazole rings is 1. The lowest BCUT2D eigenvalue weighted by Crippen LogP contribution is -2.43. The second-order valence-corrected chi connectivity index (χ2v) is 5.99. The van der Waals surface area contributed by atoms with Gasteiger partial charge in [-0.2, -0.15) is 0 Å². The van der Waals surface area contributed by atoms with E-state index in [9.17, 15) is 4.79 Å². The van der Waals surface area contributed by atoms with Crippen LogP contribution in [0.2, 0.25) is 0 Å². The van der Waals surface area contributed by atoms with Crippen LogP contribution in [0.5, 0.6) is 0 Å². The molecule has 0 aliphatic carbocycles. The maximum Gasteiger partial charge on any atom is 0.227 e. The third-order valence-electron chi connectivity index (χ3n) is 3.52. The average Bonchev–Trinajstić information content (AvgIpc) is 2.86. The molecule has 19 heavy (non-hydrogen) atoms. The molecule has 0 bridgehead atoms.